The molecule has 2 aromatic rings. The summed E-state index contributed by atoms with van der Waals surface area (Å²) >= 11 is 0. The highest BCUT2D eigenvalue weighted by atomic mass is 19.2. The lowest BCUT2D eigenvalue weighted by molar-refractivity contribution is 0.191. The van der Waals surface area contributed by atoms with Crippen molar-refractivity contribution in [1.29, 1.82) is 0 Å². The molecule has 0 aliphatic carbocycles. The molecule has 2 heterocycles. The van der Waals surface area contributed by atoms with Crippen LogP contribution in [0.15, 0.2) is 18.2 Å². The lowest BCUT2D eigenvalue weighted by atomic mass is 10.00. The molecule has 0 saturated heterocycles. The number of hydrogen-bond donors (Lipinski definition) is 1. The van der Waals surface area contributed by atoms with Gasteiger partial charge in [0.05, 0.1) is 0 Å². The third-order valence-electron chi connectivity index (χ3n) is 3.48. The van der Waals surface area contributed by atoms with Gasteiger partial charge < -0.3 is 9.67 Å². The van der Waals surface area contributed by atoms with Crippen molar-refractivity contribution in [3.05, 3.63) is 35.7 Å². The van der Waals surface area contributed by atoms with E-state index in [1.54, 1.807) is 0 Å². The van der Waals surface area contributed by atoms with Gasteiger partial charge in [0.25, 0.3) is 0 Å². The van der Waals surface area contributed by atoms with E-state index < -0.39 is 11.6 Å². The van der Waals surface area contributed by atoms with Crippen LogP contribution >= 0.6 is 0 Å². The first kappa shape index (κ1) is 12.2. The van der Waals surface area contributed by atoms with Gasteiger partial charge in [-0.05, 0) is 24.6 Å². The Bertz CT molecular complexity index is 612. The Balaban J connectivity index is 2.02. The Kier molecular flexibility index (Phi) is 3.02. The second kappa shape index (κ2) is 4.70. The maximum absolute atomic E-state index is 13.3. The molecule has 19 heavy (non-hydrogen) atoms. The molecule has 0 amide bonds. The number of aromatic nitrogens is 3. The molecule has 1 aromatic carbocycles. The molecule has 0 bridgehead atoms. The number of hydrogen-bond acceptors (Lipinski definition) is 3. The van der Waals surface area contributed by atoms with E-state index in [2.05, 4.69) is 10.2 Å². The molecule has 0 spiro atoms. The van der Waals surface area contributed by atoms with Crippen molar-refractivity contribution < 1.29 is 13.9 Å². The van der Waals surface area contributed by atoms with Crippen molar-refractivity contribution in [2.45, 2.75) is 19.4 Å². The molecule has 1 atom stereocenters. The summed E-state index contributed by atoms with van der Waals surface area (Å²) in [5.74, 6) is -0.274. The molecule has 1 aromatic heterocycles. The summed E-state index contributed by atoms with van der Waals surface area (Å²) in [4.78, 5) is 0. The number of nitrogens with zero attached hydrogens (tertiary/aromatic N) is 3. The van der Waals surface area contributed by atoms with Gasteiger partial charge >= 0.3 is 0 Å². The van der Waals surface area contributed by atoms with Gasteiger partial charge in [-0.25, -0.2) is 8.78 Å². The molecule has 100 valence electrons. The summed E-state index contributed by atoms with van der Waals surface area (Å²) < 4.78 is 28.1. The van der Waals surface area contributed by atoms with Crippen LogP contribution in [0.1, 0.15) is 12.2 Å². The maximum Gasteiger partial charge on any atom is 0.164 e. The van der Waals surface area contributed by atoms with Gasteiger partial charge in [0.1, 0.15) is 5.82 Å². The molecule has 6 heteroatoms. The van der Waals surface area contributed by atoms with Gasteiger partial charge in [-0.2, -0.15) is 0 Å². The first-order chi connectivity index (χ1) is 9.19. The molecule has 0 fully saturated rings. The fourth-order valence-corrected chi connectivity index (χ4v) is 2.39. The summed E-state index contributed by atoms with van der Waals surface area (Å²) in [6, 6.07) is 3.69. The molecule has 3 rings (SSSR count). The van der Waals surface area contributed by atoms with Crippen LogP contribution in [0, 0.1) is 17.6 Å². The van der Waals surface area contributed by atoms with E-state index in [0.717, 1.165) is 30.8 Å². The third-order valence-corrected chi connectivity index (χ3v) is 3.48. The molecule has 0 saturated carbocycles. The molecule has 1 N–H and O–H groups in total. The first-order valence-corrected chi connectivity index (χ1v) is 6.17. The fourth-order valence-electron chi connectivity index (χ4n) is 2.39. The van der Waals surface area contributed by atoms with E-state index in [1.807, 2.05) is 4.57 Å². The highest BCUT2D eigenvalue weighted by Crippen LogP contribution is 2.26. The second-order valence-corrected chi connectivity index (χ2v) is 4.77. The van der Waals surface area contributed by atoms with Crippen molar-refractivity contribution in [3.63, 3.8) is 0 Å². The van der Waals surface area contributed by atoms with E-state index in [1.165, 1.54) is 6.07 Å². The molecule has 1 aliphatic heterocycles. The van der Waals surface area contributed by atoms with Crippen LogP contribution in [0.2, 0.25) is 0 Å². The summed E-state index contributed by atoms with van der Waals surface area (Å²) in [5, 5.41) is 17.4. The quantitative estimate of drug-likeness (QED) is 0.900. The van der Waals surface area contributed by atoms with Crippen molar-refractivity contribution in [2.75, 3.05) is 6.61 Å². The van der Waals surface area contributed by atoms with Crippen molar-refractivity contribution in [3.8, 4) is 11.4 Å². The predicted octanol–water partition coefficient (Wildman–Crippen LogP) is 1.78. The van der Waals surface area contributed by atoms with E-state index in [0.29, 0.717) is 17.9 Å². The standard InChI is InChI=1S/C13H13F2N3O/c14-10-3-2-9(5-11(10)15)13-17-16-12-4-1-8(7-19)6-18(12)13/h2-3,5,8,19H,1,4,6-7H2. The zero-order chi connectivity index (χ0) is 13.4. The fraction of sp³-hybridized carbons (Fsp3) is 0.385. The van der Waals surface area contributed by atoms with Gasteiger partial charge in [0, 0.05) is 31.1 Å². The summed E-state index contributed by atoms with van der Waals surface area (Å²) in [7, 11) is 0. The van der Waals surface area contributed by atoms with Crippen molar-refractivity contribution in [1.82, 2.24) is 14.8 Å². The van der Waals surface area contributed by atoms with E-state index in [-0.39, 0.29) is 12.5 Å². The molecule has 1 aliphatic rings. The van der Waals surface area contributed by atoms with Gasteiger partial charge in [-0.15, -0.1) is 10.2 Å². The molecular weight excluding hydrogens is 252 g/mol. The first-order valence-electron chi connectivity index (χ1n) is 6.17. The van der Waals surface area contributed by atoms with E-state index in [9.17, 15) is 13.9 Å². The largest absolute Gasteiger partial charge is 0.396 e. The summed E-state index contributed by atoms with van der Waals surface area (Å²) in [6.07, 6.45) is 1.61. The minimum Gasteiger partial charge on any atom is -0.396 e. The Morgan fingerprint density at radius 3 is 2.84 bits per heavy atom. The Morgan fingerprint density at radius 2 is 2.11 bits per heavy atom. The summed E-state index contributed by atoms with van der Waals surface area (Å²) in [5.41, 5.74) is 0.497. The lowest BCUT2D eigenvalue weighted by Gasteiger charge is -2.22. The Hall–Kier alpha value is -1.82. The number of aryl methyl sites for hydroxylation is 1. The highest BCUT2D eigenvalue weighted by Gasteiger charge is 2.23. The zero-order valence-electron chi connectivity index (χ0n) is 10.2. The van der Waals surface area contributed by atoms with Crippen LogP contribution in [0.3, 0.4) is 0 Å². The molecule has 0 radical (unpaired) electrons. The van der Waals surface area contributed by atoms with E-state index in [4.69, 9.17) is 0 Å². The number of halogens is 2. The van der Waals surface area contributed by atoms with Crippen LogP contribution < -0.4 is 0 Å². The second-order valence-electron chi connectivity index (χ2n) is 4.77. The molecular formula is C13H13F2N3O. The predicted molar refractivity (Wildman–Crippen MR) is 64.3 cm³/mol. The van der Waals surface area contributed by atoms with Crippen LogP contribution in [0.5, 0.6) is 0 Å². The lowest BCUT2D eigenvalue weighted by Crippen LogP contribution is -2.23. The van der Waals surface area contributed by atoms with Crippen LogP contribution in [-0.2, 0) is 13.0 Å². The van der Waals surface area contributed by atoms with Gasteiger partial charge in [-0.1, -0.05) is 0 Å². The van der Waals surface area contributed by atoms with Crippen LogP contribution in [0.4, 0.5) is 8.78 Å². The minimum absolute atomic E-state index is 0.106. The molecule has 4 nitrogen and oxygen atoms in total. The highest BCUT2D eigenvalue weighted by molar-refractivity contribution is 5.55. The Labute approximate surface area is 108 Å². The van der Waals surface area contributed by atoms with Gasteiger partial charge in [0.2, 0.25) is 0 Å². The van der Waals surface area contributed by atoms with Crippen LogP contribution in [0.25, 0.3) is 11.4 Å². The minimum atomic E-state index is -0.899. The smallest absolute Gasteiger partial charge is 0.164 e. The van der Waals surface area contributed by atoms with E-state index >= 15 is 0 Å². The third kappa shape index (κ3) is 2.12. The zero-order valence-corrected chi connectivity index (χ0v) is 10.2. The number of rotatable bonds is 2. The average Bonchev–Trinajstić information content (AvgIpc) is 2.84. The normalized spacial score (nSPS) is 18.4. The average molecular weight is 265 g/mol. The number of fused-ring (bicyclic) bond motifs is 1. The summed E-state index contributed by atoms with van der Waals surface area (Å²) in [6.45, 7) is 0.710. The van der Waals surface area contributed by atoms with Gasteiger partial charge in [0.15, 0.2) is 17.5 Å². The topological polar surface area (TPSA) is 50.9 Å². The van der Waals surface area contributed by atoms with Crippen molar-refractivity contribution in [2.24, 2.45) is 5.92 Å². The SMILES string of the molecule is OCC1CCc2nnc(-c3ccc(F)c(F)c3)n2C1. The number of benzene rings is 1. The Morgan fingerprint density at radius 1 is 1.26 bits per heavy atom. The van der Waals surface area contributed by atoms with Crippen LogP contribution in [-0.4, -0.2) is 26.5 Å². The van der Waals surface area contributed by atoms with Gasteiger partial charge in [-0.3, -0.25) is 0 Å². The number of aliphatic hydroxyl groups is 1. The number of aliphatic hydroxyl groups excluding tert-OH is 1. The monoisotopic (exact) mass is 265 g/mol. The maximum atomic E-state index is 13.3. The van der Waals surface area contributed by atoms with Crippen molar-refractivity contribution >= 4 is 0 Å². The molecule has 1 unspecified atom stereocenters.